The molecule has 5 nitrogen and oxygen atoms in total. The predicted molar refractivity (Wildman–Crippen MR) is 111 cm³/mol. The molecule has 2 atom stereocenters. The molecule has 1 aliphatic carbocycles. The first-order chi connectivity index (χ1) is 12.7. The van der Waals surface area contributed by atoms with Crippen molar-refractivity contribution in [2.24, 2.45) is 11.7 Å². The quantitative estimate of drug-likeness (QED) is 0.709. The topological polar surface area (TPSA) is 84.2 Å². The van der Waals surface area contributed by atoms with Crippen LogP contribution in [0, 0.1) is 5.92 Å². The third kappa shape index (κ3) is 5.68. The first-order valence-corrected chi connectivity index (χ1v) is 9.40. The van der Waals surface area contributed by atoms with Gasteiger partial charge in [-0.2, -0.15) is 0 Å². The summed E-state index contributed by atoms with van der Waals surface area (Å²) in [5.74, 6) is 0.0660. The maximum absolute atomic E-state index is 12.3. The van der Waals surface area contributed by atoms with Crippen LogP contribution in [0.1, 0.15) is 31.2 Å². The molecule has 0 saturated heterocycles. The van der Waals surface area contributed by atoms with Gasteiger partial charge in [-0.3, -0.25) is 9.59 Å². The van der Waals surface area contributed by atoms with Crippen molar-refractivity contribution in [1.82, 2.24) is 10.6 Å². The average molecular weight is 390 g/mol. The molecule has 2 unspecified atom stereocenters. The normalized spacial score (nSPS) is 19.1. The van der Waals surface area contributed by atoms with Crippen LogP contribution in [-0.2, 0) is 16.0 Å². The standard InChI is InChI=1S/C21H27N3O2.ClH/c22-13-17-7-2-4-11-19(17)24-21(26)14-23-20(25)12-16-9-5-8-15-6-1-3-10-18(15)16;/h1,3,5-6,8-10,17,19H,2,4,7,11-14,22H2,(H,23,25)(H,24,26);1H. The smallest absolute Gasteiger partial charge is 0.239 e. The Bertz CT molecular complexity index is 776. The number of benzene rings is 2. The van der Waals surface area contributed by atoms with Gasteiger partial charge in [-0.25, -0.2) is 0 Å². The molecule has 0 heterocycles. The van der Waals surface area contributed by atoms with Crippen molar-refractivity contribution in [2.45, 2.75) is 38.1 Å². The molecule has 2 amide bonds. The van der Waals surface area contributed by atoms with Crippen LogP contribution < -0.4 is 16.4 Å². The lowest BCUT2D eigenvalue weighted by Crippen LogP contribution is -2.48. The van der Waals surface area contributed by atoms with Gasteiger partial charge in [-0.05, 0) is 41.6 Å². The summed E-state index contributed by atoms with van der Waals surface area (Å²) in [6.45, 7) is 0.607. The highest BCUT2D eigenvalue weighted by molar-refractivity contribution is 5.91. The molecule has 6 heteroatoms. The lowest BCUT2D eigenvalue weighted by molar-refractivity contribution is -0.126. The fraction of sp³-hybridized carbons (Fsp3) is 0.429. The monoisotopic (exact) mass is 389 g/mol. The number of fused-ring (bicyclic) bond motifs is 1. The molecule has 1 saturated carbocycles. The molecule has 0 aliphatic heterocycles. The number of carbonyl (C=O) groups is 2. The van der Waals surface area contributed by atoms with Crippen molar-refractivity contribution in [3.63, 3.8) is 0 Å². The number of nitrogens with one attached hydrogen (secondary N) is 2. The van der Waals surface area contributed by atoms with Gasteiger partial charge in [-0.1, -0.05) is 55.3 Å². The average Bonchev–Trinajstić information content (AvgIpc) is 2.67. The van der Waals surface area contributed by atoms with E-state index in [1.165, 1.54) is 6.42 Å². The zero-order valence-corrected chi connectivity index (χ0v) is 16.3. The summed E-state index contributed by atoms with van der Waals surface area (Å²) >= 11 is 0. The van der Waals surface area contributed by atoms with Crippen LogP contribution in [0.15, 0.2) is 42.5 Å². The van der Waals surface area contributed by atoms with E-state index in [2.05, 4.69) is 10.6 Å². The molecule has 4 N–H and O–H groups in total. The van der Waals surface area contributed by atoms with E-state index in [1.807, 2.05) is 42.5 Å². The minimum atomic E-state index is -0.143. The molecule has 0 bridgehead atoms. The highest BCUT2D eigenvalue weighted by Crippen LogP contribution is 2.23. The minimum Gasteiger partial charge on any atom is -0.352 e. The molecular formula is C21H28ClN3O2. The second-order valence-electron chi connectivity index (χ2n) is 7.05. The maximum atomic E-state index is 12.3. The third-order valence-electron chi connectivity index (χ3n) is 5.24. The Morgan fingerprint density at radius 3 is 2.56 bits per heavy atom. The first-order valence-electron chi connectivity index (χ1n) is 9.40. The Balaban J connectivity index is 0.00000261. The summed E-state index contributed by atoms with van der Waals surface area (Å²) in [5.41, 5.74) is 6.77. The Kier molecular flexibility index (Phi) is 8.07. The van der Waals surface area contributed by atoms with Crippen molar-refractivity contribution in [1.29, 1.82) is 0 Å². The van der Waals surface area contributed by atoms with E-state index in [4.69, 9.17) is 5.73 Å². The Morgan fingerprint density at radius 2 is 1.74 bits per heavy atom. The summed E-state index contributed by atoms with van der Waals surface area (Å²) in [6.07, 6.45) is 4.60. The van der Waals surface area contributed by atoms with Crippen LogP contribution in [0.5, 0.6) is 0 Å². The molecule has 2 aromatic carbocycles. The fourth-order valence-electron chi connectivity index (χ4n) is 3.80. The van der Waals surface area contributed by atoms with Gasteiger partial charge in [0.1, 0.15) is 0 Å². The van der Waals surface area contributed by atoms with Crippen LogP contribution in [0.4, 0.5) is 0 Å². The molecule has 1 fully saturated rings. The highest BCUT2D eigenvalue weighted by Gasteiger charge is 2.25. The Labute approximate surface area is 166 Å². The second-order valence-corrected chi connectivity index (χ2v) is 7.05. The van der Waals surface area contributed by atoms with Crippen LogP contribution in [0.2, 0.25) is 0 Å². The van der Waals surface area contributed by atoms with Gasteiger partial charge >= 0.3 is 0 Å². The fourth-order valence-corrected chi connectivity index (χ4v) is 3.80. The molecule has 27 heavy (non-hydrogen) atoms. The van der Waals surface area contributed by atoms with Crippen molar-refractivity contribution in [3.05, 3.63) is 48.0 Å². The van der Waals surface area contributed by atoms with Gasteiger partial charge in [0.05, 0.1) is 13.0 Å². The number of nitrogens with two attached hydrogens (primary N) is 1. The maximum Gasteiger partial charge on any atom is 0.239 e. The number of hydrogen-bond acceptors (Lipinski definition) is 3. The van der Waals surface area contributed by atoms with Gasteiger partial charge in [-0.15, -0.1) is 12.4 Å². The van der Waals surface area contributed by atoms with Crippen LogP contribution >= 0.6 is 12.4 Å². The molecular weight excluding hydrogens is 362 g/mol. The summed E-state index contributed by atoms with van der Waals surface area (Å²) in [5, 5.41) is 7.95. The highest BCUT2D eigenvalue weighted by atomic mass is 35.5. The lowest BCUT2D eigenvalue weighted by Gasteiger charge is -2.31. The van der Waals surface area contributed by atoms with E-state index >= 15 is 0 Å². The van der Waals surface area contributed by atoms with Gasteiger partial charge in [0, 0.05) is 6.04 Å². The summed E-state index contributed by atoms with van der Waals surface area (Å²) < 4.78 is 0. The first kappa shape index (κ1) is 21.2. The van der Waals surface area contributed by atoms with Crippen molar-refractivity contribution < 1.29 is 9.59 Å². The predicted octanol–water partition coefficient (Wildman–Crippen LogP) is 2.55. The van der Waals surface area contributed by atoms with Crippen LogP contribution in [0.25, 0.3) is 10.8 Å². The van der Waals surface area contributed by atoms with Gasteiger partial charge in [0.2, 0.25) is 11.8 Å². The van der Waals surface area contributed by atoms with Crippen molar-refractivity contribution in [2.75, 3.05) is 13.1 Å². The lowest BCUT2D eigenvalue weighted by atomic mass is 9.84. The van der Waals surface area contributed by atoms with Crippen LogP contribution in [-0.4, -0.2) is 30.9 Å². The second kappa shape index (κ2) is 10.3. The van der Waals surface area contributed by atoms with E-state index in [-0.39, 0.29) is 43.2 Å². The van der Waals surface area contributed by atoms with E-state index < -0.39 is 0 Å². The van der Waals surface area contributed by atoms with Gasteiger partial charge in [0.15, 0.2) is 0 Å². The molecule has 0 spiro atoms. The van der Waals surface area contributed by atoms with Crippen molar-refractivity contribution >= 4 is 35.0 Å². The zero-order valence-electron chi connectivity index (χ0n) is 15.4. The van der Waals surface area contributed by atoms with Gasteiger partial charge < -0.3 is 16.4 Å². The van der Waals surface area contributed by atoms with E-state index in [1.54, 1.807) is 0 Å². The SMILES string of the molecule is Cl.NCC1CCCCC1NC(=O)CNC(=O)Cc1cccc2ccccc12. The largest absolute Gasteiger partial charge is 0.352 e. The molecule has 3 rings (SSSR count). The third-order valence-corrected chi connectivity index (χ3v) is 5.24. The van der Waals surface area contributed by atoms with E-state index in [9.17, 15) is 9.59 Å². The Morgan fingerprint density at radius 1 is 1.00 bits per heavy atom. The number of hydrogen-bond donors (Lipinski definition) is 3. The van der Waals surface area contributed by atoms with Crippen LogP contribution in [0.3, 0.4) is 0 Å². The number of rotatable bonds is 6. The summed E-state index contributed by atoms with van der Waals surface area (Å²) in [6, 6.07) is 14.1. The number of carbonyl (C=O) groups excluding carboxylic acids is 2. The molecule has 0 radical (unpaired) electrons. The summed E-state index contributed by atoms with van der Waals surface area (Å²) in [7, 11) is 0. The number of halogens is 1. The zero-order chi connectivity index (χ0) is 18.4. The van der Waals surface area contributed by atoms with E-state index in [0.29, 0.717) is 12.5 Å². The Hall–Kier alpha value is -2.11. The van der Waals surface area contributed by atoms with Gasteiger partial charge in [0.25, 0.3) is 0 Å². The molecule has 1 aliphatic rings. The van der Waals surface area contributed by atoms with E-state index in [0.717, 1.165) is 35.6 Å². The van der Waals surface area contributed by atoms with Crippen molar-refractivity contribution in [3.8, 4) is 0 Å². The molecule has 146 valence electrons. The molecule has 0 aromatic heterocycles. The summed E-state index contributed by atoms with van der Waals surface area (Å²) in [4.78, 5) is 24.4. The number of amides is 2. The molecule has 2 aromatic rings. The minimum absolute atomic E-state index is 0.